The first-order valence-corrected chi connectivity index (χ1v) is 7.23. The summed E-state index contributed by atoms with van der Waals surface area (Å²) in [5.41, 5.74) is -0.0169. The van der Waals surface area contributed by atoms with Gasteiger partial charge < -0.3 is 5.32 Å². The standard InChI is InChI=1S/C14H27F3N2/c1-5-13(4)10-18-12(11(2)3)9-19(13)8-6-7-14(15,16)17/h11-12,18H,5-10H2,1-4H3. The van der Waals surface area contributed by atoms with Gasteiger partial charge >= 0.3 is 6.18 Å². The van der Waals surface area contributed by atoms with Gasteiger partial charge in [-0.05, 0) is 32.2 Å². The molecule has 2 unspecified atom stereocenters. The largest absolute Gasteiger partial charge is 0.389 e. The average molecular weight is 280 g/mol. The molecule has 5 heteroatoms. The van der Waals surface area contributed by atoms with Crippen LogP contribution in [0.5, 0.6) is 0 Å². The van der Waals surface area contributed by atoms with Crippen molar-refractivity contribution in [3.63, 3.8) is 0 Å². The maximum atomic E-state index is 12.3. The van der Waals surface area contributed by atoms with Crippen LogP contribution in [0.2, 0.25) is 0 Å². The lowest BCUT2D eigenvalue weighted by Gasteiger charge is -2.49. The average Bonchev–Trinajstić information content (AvgIpc) is 2.29. The summed E-state index contributed by atoms with van der Waals surface area (Å²) in [5.74, 6) is 0.506. The molecule has 1 aliphatic rings. The first kappa shape index (κ1) is 16.8. The van der Waals surface area contributed by atoms with E-state index in [1.165, 1.54) is 0 Å². The predicted octanol–water partition coefficient (Wildman–Crippen LogP) is 3.43. The van der Waals surface area contributed by atoms with E-state index in [-0.39, 0.29) is 12.0 Å². The van der Waals surface area contributed by atoms with Gasteiger partial charge in [-0.15, -0.1) is 0 Å². The number of halogens is 3. The molecule has 0 radical (unpaired) electrons. The molecule has 0 aromatic heterocycles. The SMILES string of the molecule is CCC1(C)CNC(C(C)C)CN1CCCC(F)(F)F. The normalized spacial score (nSPS) is 30.0. The topological polar surface area (TPSA) is 15.3 Å². The molecule has 1 rings (SSSR count). The van der Waals surface area contributed by atoms with E-state index in [0.29, 0.717) is 18.5 Å². The number of rotatable bonds is 5. The van der Waals surface area contributed by atoms with E-state index in [1.807, 2.05) is 0 Å². The van der Waals surface area contributed by atoms with Crippen LogP contribution < -0.4 is 5.32 Å². The zero-order valence-corrected chi connectivity index (χ0v) is 12.5. The molecular weight excluding hydrogens is 253 g/mol. The fourth-order valence-electron chi connectivity index (χ4n) is 2.61. The van der Waals surface area contributed by atoms with E-state index in [4.69, 9.17) is 0 Å². The zero-order chi connectivity index (χ0) is 14.7. The number of hydrogen-bond acceptors (Lipinski definition) is 2. The third kappa shape index (κ3) is 4.95. The first-order chi connectivity index (χ1) is 8.68. The highest BCUT2D eigenvalue weighted by atomic mass is 19.4. The second-order valence-corrected chi connectivity index (χ2v) is 6.25. The Kier molecular flexibility index (Phi) is 5.68. The maximum Gasteiger partial charge on any atom is 0.389 e. The Balaban J connectivity index is 2.57. The summed E-state index contributed by atoms with van der Waals surface area (Å²) in [5, 5.41) is 3.53. The van der Waals surface area contributed by atoms with Crippen molar-refractivity contribution in [3.8, 4) is 0 Å². The molecule has 0 aromatic rings. The van der Waals surface area contributed by atoms with Crippen LogP contribution in [0, 0.1) is 5.92 Å². The molecular formula is C14H27F3N2. The summed E-state index contributed by atoms with van der Waals surface area (Å²) in [4.78, 5) is 2.25. The van der Waals surface area contributed by atoms with Gasteiger partial charge in [-0.25, -0.2) is 0 Å². The Labute approximate surface area is 114 Å². The lowest BCUT2D eigenvalue weighted by molar-refractivity contribution is -0.137. The number of alkyl halides is 3. The smallest absolute Gasteiger partial charge is 0.311 e. The highest BCUT2D eigenvalue weighted by Gasteiger charge is 2.37. The van der Waals surface area contributed by atoms with Crippen molar-refractivity contribution in [1.29, 1.82) is 0 Å². The number of nitrogens with zero attached hydrogens (tertiary/aromatic N) is 1. The maximum absolute atomic E-state index is 12.3. The summed E-state index contributed by atoms with van der Waals surface area (Å²) >= 11 is 0. The summed E-state index contributed by atoms with van der Waals surface area (Å²) < 4.78 is 36.8. The van der Waals surface area contributed by atoms with E-state index in [2.05, 4.69) is 37.9 Å². The molecule has 2 atom stereocenters. The van der Waals surface area contributed by atoms with Gasteiger partial charge in [0, 0.05) is 31.1 Å². The second kappa shape index (κ2) is 6.44. The summed E-state index contributed by atoms with van der Waals surface area (Å²) in [6.45, 7) is 10.8. The van der Waals surface area contributed by atoms with Crippen molar-refractivity contribution < 1.29 is 13.2 Å². The molecule has 114 valence electrons. The van der Waals surface area contributed by atoms with Crippen molar-refractivity contribution in [2.45, 2.75) is 64.7 Å². The molecule has 19 heavy (non-hydrogen) atoms. The van der Waals surface area contributed by atoms with E-state index >= 15 is 0 Å². The minimum absolute atomic E-state index is 0.0169. The van der Waals surface area contributed by atoms with Crippen molar-refractivity contribution in [3.05, 3.63) is 0 Å². The fourth-order valence-corrected chi connectivity index (χ4v) is 2.61. The molecule has 0 spiro atoms. The number of nitrogens with one attached hydrogen (secondary N) is 1. The Morgan fingerprint density at radius 2 is 2.00 bits per heavy atom. The monoisotopic (exact) mass is 280 g/mol. The van der Waals surface area contributed by atoms with Crippen molar-refractivity contribution in [2.24, 2.45) is 5.92 Å². The van der Waals surface area contributed by atoms with E-state index in [0.717, 1.165) is 19.5 Å². The Morgan fingerprint density at radius 1 is 1.37 bits per heavy atom. The lowest BCUT2D eigenvalue weighted by Crippen LogP contribution is -2.64. The molecule has 1 saturated heterocycles. The van der Waals surface area contributed by atoms with Crippen LogP contribution in [-0.2, 0) is 0 Å². The Bertz CT molecular complexity index is 278. The summed E-state index contributed by atoms with van der Waals surface area (Å²) in [6, 6.07) is 0.380. The van der Waals surface area contributed by atoms with Gasteiger partial charge in [0.25, 0.3) is 0 Å². The quantitative estimate of drug-likeness (QED) is 0.830. The fraction of sp³-hybridized carbons (Fsp3) is 1.00. The Hall–Kier alpha value is -0.290. The van der Waals surface area contributed by atoms with Gasteiger partial charge in [-0.1, -0.05) is 20.8 Å². The van der Waals surface area contributed by atoms with Crippen molar-refractivity contribution in [2.75, 3.05) is 19.6 Å². The van der Waals surface area contributed by atoms with Crippen LogP contribution in [0.1, 0.15) is 47.0 Å². The van der Waals surface area contributed by atoms with Crippen LogP contribution in [0.4, 0.5) is 13.2 Å². The van der Waals surface area contributed by atoms with E-state index in [9.17, 15) is 13.2 Å². The van der Waals surface area contributed by atoms with Gasteiger partial charge in [0.05, 0.1) is 0 Å². The first-order valence-electron chi connectivity index (χ1n) is 7.23. The highest BCUT2D eigenvalue weighted by molar-refractivity contribution is 4.95. The minimum Gasteiger partial charge on any atom is -0.311 e. The lowest BCUT2D eigenvalue weighted by atomic mass is 9.89. The second-order valence-electron chi connectivity index (χ2n) is 6.25. The van der Waals surface area contributed by atoms with Gasteiger partial charge in [0.2, 0.25) is 0 Å². The van der Waals surface area contributed by atoms with Crippen molar-refractivity contribution in [1.82, 2.24) is 10.2 Å². The molecule has 1 N–H and O–H groups in total. The molecule has 0 saturated carbocycles. The van der Waals surface area contributed by atoms with Gasteiger partial charge in [-0.3, -0.25) is 4.90 Å². The van der Waals surface area contributed by atoms with Crippen LogP contribution in [-0.4, -0.2) is 42.3 Å². The van der Waals surface area contributed by atoms with Crippen LogP contribution >= 0.6 is 0 Å². The third-order valence-corrected chi connectivity index (χ3v) is 4.38. The van der Waals surface area contributed by atoms with Gasteiger partial charge in [-0.2, -0.15) is 13.2 Å². The molecule has 0 aliphatic carbocycles. The molecule has 1 aliphatic heterocycles. The zero-order valence-electron chi connectivity index (χ0n) is 12.5. The van der Waals surface area contributed by atoms with Crippen LogP contribution in [0.3, 0.4) is 0 Å². The van der Waals surface area contributed by atoms with E-state index in [1.54, 1.807) is 0 Å². The molecule has 2 nitrogen and oxygen atoms in total. The summed E-state index contributed by atoms with van der Waals surface area (Å²) in [7, 11) is 0. The molecule has 1 heterocycles. The minimum atomic E-state index is -4.03. The van der Waals surface area contributed by atoms with Crippen LogP contribution in [0.15, 0.2) is 0 Å². The van der Waals surface area contributed by atoms with Crippen molar-refractivity contribution >= 4 is 0 Å². The number of hydrogen-bond donors (Lipinski definition) is 1. The van der Waals surface area contributed by atoms with Gasteiger partial charge in [0.1, 0.15) is 0 Å². The Morgan fingerprint density at radius 3 is 2.47 bits per heavy atom. The number of piperazine rings is 1. The highest BCUT2D eigenvalue weighted by Crippen LogP contribution is 2.27. The molecule has 0 bridgehead atoms. The molecule has 0 amide bonds. The predicted molar refractivity (Wildman–Crippen MR) is 72.2 cm³/mol. The third-order valence-electron chi connectivity index (χ3n) is 4.38. The molecule has 0 aromatic carbocycles. The van der Waals surface area contributed by atoms with Crippen LogP contribution in [0.25, 0.3) is 0 Å². The molecule has 1 fully saturated rings. The van der Waals surface area contributed by atoms with Gasteiger partial charge in [0.15, 0.2) is 0 Å². The van der Waals surface area contributed by atoms with E-state index < -0.39 is 12.6 Å². The summed E-state index contributed by atoms with van der Waals surface area (Å²) in [6.07, 6.45) is -3.56.